The standard InChI is InChI=1S/C11H13BrClNO2S2/c12-9-1-2-11(10(13)5-9)18(15,16)14-6-8-3-4-17-7-8/h1-2,5,8,14H,3-4,6-7H2. The minimum Gasteiger partial charge on any atom is -0.211 e. The van der Waals surface area contributed by atoms with Crippen molar-refractivity contribution in [2.45, 2.75) is 11.3 Å². The number of hydrogen-bond acceptors (Lipinski definition) is 3. The summed E-state index contributed by atoms with van der Waals surface area (Å²) >= 11 is 11.1. The second-order valence-electron chi connectivity index (χ2n) is 4.16. The molecular weight excluding hydrogens is 358 g/mol. The Labute approximate surface area is 125 Å². The zero-order valence-electron chi connectivity index (χ0n) is 9.53. The molecule has 1 aliphatic heterocycles. The van der Waals surface area contributed by atoms with Crippen molar-refractivity contribution in [1.82, 2.24) is 4.72 Å². The number of halogens is 2. The first-order chi connectivity index (χ1) is 8.49. The summed E-state index contributed by atoms with van der Waals surface area (Å²) in [4.78, 5) is 0.137. The second kappa shape index (κ2) is 6.13. The minimum atomic E-state index is -3.51. The molecule has 1 saturated heterocycles. The first kappa shape index (κ1) is 14.7. The summed E-state index contributed by atoms with van der Waals surface area (Å²) in [5, 5.41) is 0.234. The Bertz CT molecular complexity index is 530. The quantitative estimate of drug-likeness (QED) is 0.885. The Morgan fingerprint density at radius 3 is 2.89 bits per heavy atom. The Hall–Kier alpha value is 0.250. The van der Waals surface area contributed by atoms with Crippen LogP contribution >= 0.6 is 39.3 Å². The Balaban J connectivity index is 2.09. The summed E-state index contributed by atoms with van der Waals surface area (Å²) in [6.07, 6.45) is 1.07. The van der Waals surface area contributed by atoms with Gasteiger partial charge in [0.15, 0.2) is 0 Å². The largest absolute Gasteiger partial charge is 0.242 e. The van der Waals surface area contributed by atoms with E-state index in [2.05, 4.69) is 20.7 Å². The summed E-state index contributed by atoms with van der Waals surface area (Å²) < 4.78 is 27.6. The normalized spacial score (nSPS) is 20.2. The molecule has 0 bridgehead atoms. The molecule has 1 N–H and O–H groups in total. The van der Waals surface area contributed by atoms with Gasteiger partial charge in [-0.25, -0.2) is 13.1 Å². The van der Waals surface area contributed by atoms with Crippen LogP contribution in [0.25, 0.3) is 0 Å². The molecule has 3 nitrogen and oxygen atoms in total. The Morgan fingerprint density at radius 2 is 2.28 bits per heavy atom. The van der Waals surface area contributed by atoms with E-state index < -0.39 is 10.0 Å². The fourth-order valence-corrected chi connectivity index (χ4v) is 5.18. The van der Waals surface area contributed by atoms with Crippen LogP contribution in [-0.4, -0.2) is 26.5 Å². The third kappa shape index (κ3) is 3.63. The van der Waals surface area contributed by atoms with E-state index in [1.165, 1.54) is 6.07 Å². The number of thioether (sulfide) groups is 1. The minimum absolute atomic E-state index is 0.137. The van der Waals surface area contributed by atoms with Crippen LogP contribution in [0.15, 0.2) is 27.6 Å². The van der Waals surface area contributed by atoms with Gasteiger partial charge in [0.1, 0.15) is 4.90 Å². The summed E-state index contributed by atoms with van der Waals surface area (Å²) in [5.41, 5.74) is 0. The third-order valence-electron chi connectivity index (χ3n) is 2.77. The lowest BCUT2D eigenvalue weighted by Gasteiger charge is -2.11. The van der Waals surface area contributed by atoms with Crippen molar-refractivity contribution >= 4 is 49.3 Å². The zero-order valence-corrected chi connectivity index (χ0v) is 13.5. The predicted molar refractivity (Wildman–Crippen MR) is 79.8 cm³/mol. The summed E-state index contributed by atoms with van der Waals surface area (Å²) in [7, 11) is -3.51. The lowest BCUT2D eigenvalue weighted by Crippen LogP contribution is -2.29. The van der Waals surface area contributed by atoms with Crippen LogP contribution in [0.1, 0.15) is 6.42 Å². The van der Waals surface area contributed by atoms with Gasteiger partial charge in [-0.2, -0.15) is 11.8 Å². The smallest absolute Gasteiger partial charge is 0.211 e. The molecular formula is C11H13BrClNO2S2. The van der Waals surface area contributed by atoms with E-state index in [9.17, 15) is 8.42 Å². The highest BCUT2D eigenvalue weighted by Crippen LogP contribution is 2.26. The van der Waals surface area contributed by atoms with Crippen molar-refractivity contribution < 1.29 is 8.42 Å². The fraction of sp³-hybridized carbons (Fsp3) is 0.455. The monoisotopic (exact) mass is 369 g/mol. The summed E-state index contributed by atoms with van der Waals surface area (Å²) in [6, 6.07) is 4.77. The van der Waals surface area contributed by atoms with E-state index in [-0.39, 0.29) is 9.92 Å². The van der Waals surface area contributed by atoms with Crippen molar-refractivity contribution in [3.8, 4) is 0 Å². The van der Waals surface area contributed by atoms with Crippen molar-refractivity contribution in [1.29, 1.82) is 0 Å². The molecule has 1 aliphatic rings. The van der Waals surface area contributed by atoms with Crippen molar-refractivity contribution in [2.75, 3.05) is 18.1 Å². The lowest BCUT2D eigenvalue weighted by molar-refractivity contribution is 0.546. The molecule has 0 saturated carbocycles. The molecule has 1 aromatic rings. The van der Waals surface area contributed by atoms with Crippen molar-refractivity contribution in [3.05, 3.63) is 27.7 Å². The number of nitrogens with one attached hydrogen (secondary N) is 1. The van der Waals surface area contributed by atoms with Crippen LogP contribution < -0.4 is 4.72 Å². The molecule has 1 fully saturated rings. The van der Waals surface area contributed by atoms with Crippen LogP contribution in [0.5, 0.6) is 0 Å². The fourth-order valence-electron chi connectivity index (χ4n) is 1.74. The molecule has 7 heteroatoms. The maximum absolute atomic E-state index is 12.1. The highest BCUT2D eigenvalue weighted by molar-refractivity contribution is 9.10. The van der Waals surface area contributed by atoms with E-state index in [4.69, 9.17) is 11.6 Å². The molecule has 2 rings (SSSR count). The van der Waals surface area contributed by atoms with Crippen molar-refractivity contribution in [2.24, 2.45) is 5.92 Å². The maximum atomic E-state index is 12.1. The van der Waals surface area contributed by atoms with Gasteiger partial charge in [0, 0.05) is 11.0 Å². The SMILES string of the molecule is O=S(=O)(NCC1CCSC1)c1ccc(Br)cc1Cl. The van der Waals surface area contributed by atoms with E-state index in [1.807, 2.05) is 11.8 Å². The van der Waals surface area contributed by atoms with Crippen LogP contribution in [0.3, 0.4) is 0 Å². The number of hydrogen-bond donors (Lipinski definition) is 1. The number of benzene rings is 1. The van der Waals surface area contributed by atoms with Gasteiger partial charge in [-0.3, -0.25) is 0 Å². The van der Waals surface area contributed by atoms with Gasteiger partial charge in [0.2, 0.25) is 10.0 Å². The molecule has 1 heterocycles. The van der Waals surface area contributed by atoms with Crippen LogP contribution in [0, 0.1) is 5.92 Å². The number of rotatable bonds is 4. The summed E-state index contributed by atoms with van der Waals surface area (Å²) in [6.45, 7) is 0.488. The van der Waals surface area contributed by atoms with Crippen molar-refractivity contribution in [3.63, 3.8) is 0 Å². The molecule has 0 aromatic heterocycles. The topological polar surface area (TPSA) is 46.2 Å². The maximum Gasteiger partial charge on any atom is 0.242 e. The van der Waals surface area contributed by atoms with Gasteiger partial charge in [-0.15, -0.1) is 0 Å². The van der Waals surface area contributed by atoms with Gasteiger partial charge < -0.3 is 0 Å². The molecule has 18 heavy (non-hydrogen) atoms. The van der Waals surface area contributed by atoms with Gasteiger partial charge in [-0.05, 0) is 42.0 Å². The average Bonchev–Trinajstić information content (AvgIpc) is 2.78. The van der Waals surface area contributed by atoms with Crippen LogP contribution in [-0.2, 0) is 10.0 Å². The van der Waals surface area contributed by atoms with Crippen LogP contribution in [0.2, 0.25) is 5.02 Å². The van der Waals surface area contributed by atoms with Gasteiger partial charge in [0.25, 0.3) is 0 Å². The third-order valence-corrected chi connectivity index (χ3v) is 6.40. The Kier molecular flexibility index (Phi) is 4.99. The molecule has 1 aromatic carbocycles. The molecule has 0 spiro atoms. The molecule has 0 radical (unpaired) electrons. The average molecular weight is 371 g/mol. The van der Waals surface area contributed by atoms with E-state index in [0.717, 1.165) is 22.4 Å². The van der Waals surface area contributed by atoms with Crippen LogP contribution in [0.4, 0.5) is 0 Å². The highest BCUT2D eigenvalue weighted by atomic mass is 79.9. The molecule has 0 aliphatic carbocycles. The zero-order chi connectivity index (χ0) is 13.2. The Morgan fingerprint density at radius 1 is 1.50 bits per heavy atom. The molecule has 1 unspecified atom stereocenters. The van der Waals surface area contributed by atoms with E-state index >= 15 is 0 Å². The summed E-state index contributed by atoms with van der Waals surface area (Å²) in [5.74, 6) is 2.57. The van der Waals surface area contributed by atoms with E-state index in [1.54, 1.807) is 12.1 Å². The van der Waals surface area contributed by atoms with Gasteiger partial charge in [0.05, 0.1) is 5.02 Å². The highest BCUT2D eigenvalue weighted by Gasteiger charge is 2.21. The second-order valence-corrected chi connectivity index (χ2v) is 8.36. The van der Waals surface area contributed by atoms with Gasteiger partial charge in [-0.1, -0.05) is 27.5 Å². The molecule has 100 valence electrons. The first-order valence-corrected chi connectivity index (χ1v) is 9.32. The lowest BCUT2D eigenvalue weighted by atomic mass is 10.1. The molecule has 1 atom stereocenters. The predicted octanol–water partition coefficient (Wildman–Crippen LogP) is 3.13. The first-order valence-electron chi connectivity index (χ1n) is 5.51. The van der Waals surface area contributed by atoms with Gasteiger partial charge >= 0.3 is 0 Å². The van der Waals surface area contributed by atoms with E-state index in [0.29, 0.717) is 12.5 Å². The molecule has 0 amide bonds. The number of sulfonamides is 1.